The van der Waals surface area contributed by atoms with Gasteiger partial charge >= 0.3 is 0 Å². The standard InChI is InChI=1S/C14H20BrFN2/c1-18(9-10-4-2-3-5-10)12-7-6-11(8-17)13(15)14(12)16/h6-7,10H,2-5,8-9,17H2,1H3. The Bertz CT molecular complexity index is 417. The lowest BCUT2D eigenvalue weighted by Crippen LogP contribution is -2.25. The summed E-state index contributed by atoms with van der Waals surface area (Å²) in [6.07, 6.45) is 5.18. The molecule has 1 aliphatic rings. The number of anilines is 1. The van der Waals surface area contributed by atoms with Crippen molar-refractivity contribution in [3.05, 3.63) is 28.0 Å². The second kappa shape index (κ2) is 6.02. The van der Waals surface area contributed by atoms with Gasteiger partial charge in [0.15, 0.2) is 5.82 Å². The first-order valence-electron chi connectivity index (χ1n) is 6.51. The van der Waals surface area contributed by atoms with E-state index in [-0.39, 0.29) is 5.82 Å². The molecule has 1 saturated carbocycles. The summed E-state index contributed by atoms with van der Waals surface area (Å²) < 4.78 is 14.7. The largest absolute Gasteiger partial charge is 0.372 e. The van der Waals surface area contributed by atoms with E-state index in [0.717, 1.165) is 12.1 Å². The highest BCUT2D eigenvalue weighted by molar-refractivity contribution is 9.10. The normalized spacial score (nSPS) is 16.2. The van der Waals surface area contributed by atoms with Crippen LogP contribution in [0.2, 0.25) is 0 Å². The van der Waals surface area contributed by atoms with Crippen molar-refractivity contribution in [1.29, 1.82) is 0 Å². The number of hydrogen-bond donors (Lipinski definition) is 1. The zero-order chi connectivity index (χ0) is 13.1. The molecular formula is C14H20BrFN2. The summed E-state index contributed by atoms with van der Waals surface area (Å²) >= 11 is 3.29. The summed E-state index contributed by atoms with van der Waals surface area (Å²) in [5.74, 6) is 0.515. The van der Waals surface area contributed by atoms with E-state index < -0.39 is 0 Å². The number of hydrogen-bond acceptors (Lipinski definition) is 2. The fraction of sp³-hybridized carbons (Fsp3) is 0.571. The molecule has 100 valence electrons. The van der Waals surface area contributed by atoms with Crippen molar-refractivity contribution in [1.82, 2.24) is 0 Å². The Morgan fingerprint density at radius 3 is 2.67 bits per heavy atom. The van der Waals surface area contributed by atoms with Crippen LogP contribution in [0.5, 0.6) is 0 Å². The van der Waals surface area contributed by atoms with Gasteiger partial charge in [0.25, 0.3) is 0 Å². The quantitative estimate of drug-likeness (QED) is 0.918. The molecule has 0 heterocycles. The highest BCUT2D eigenvalue weighted by Gasteiger charge is 2.19. The topological polar surface area (TPSA) is 29.3 Å². The Morgan fingerprint density at radius 2 is 2.06 bits per heavy atom. The molecule has 0 unspecified atom stereocenters. The van der Waals surface area contributed by atoms with Gasteiger partial charge in [-0.25, -0.2) is 4.39 Å². The monoisotopic (exact) mass is 314 g/mol. The number of rotatable bonds is 4. The van der Waals surface area contributed by atoms with Crippen LogP contribution >= 0.6 is 15.9 Å². The van der Waals surface area contributed by atoms with Gasteiger partial charge in [0.1, 0.15) is 0 Å². The maximum Gasteiger partial charge on any atom is 0.160 e. The van der Waals surface area contributed by atoms with E-state index in [1.165, 1.54) is 25.7 Å². The van der Waals surface area contributed by atoms with Crippen LogP contribution in [0.1, 0.15) is 31.2 Å². The Hall–Kier alpha value is -0.610. The smallest absolute Gasteiger partial charge is 0.160 e. The van der Waals surface area contributed by atoms with Crippen LogP contribution in [-0.2, 0) is 6.54 Å². The number of halogens is 2. The average Bonchev–Trinajstić information content (AvgIpc) is 2.85. The van der Waals surface area contributed by atoms with E-state index >= 15 is 0 Å². The maximum atomic E-state index is 14.2. The number of benzene rings is 1. The van der Waals surface area contributed by atoms with Gasteiger partial charge in [-0.05, 0) is 46.3 Å². The summed E-state index contributed by atoms with van der Waals surface area (Å²) in [5, 5.41) is 0. The SMILES string of the molecule is CN(CC1CCCC1)c1ccc(CN)c(Br)c1F. The molecule has 2 rings (SSSR count). The van der Waals surface area contributed by atoms with Gasteiger partial charge in [-0.15, -0.1) is 0 Å². The van der Waals surface area contributed by atoms with Crippen molar-refractivity contribution in [2.24, 2.45) is 11.7 Å². The summed E-state index contributed by atoms with van der Waals surface area (Å²) in [6, 6.07) is 3.73. The Balaban J connectivity index is 2.14. The van der Waals surface area contributed by atoms with Gasteiger partial charge in [0, 0.05) is 20.1 Å². The van der Waals surface area contributed by atoms with Gasteiger partial charge in [-0.2, -0.15) is 0 Å². The highest BCUT2D eigenvalue weighted by Crippen LogP contribution is 2.31. The van der Waals surface area contributed by atoms with Gasteiger partial charge < -0.3 is 10.6 Å². The van der Waals surface area contributed by atoms with Gasteiger partial charge in [0.2, 0.25) is 0 Å². The molecule has 0 atom stereocenters. The molecule has 1 aromatic rings. The fourth-order valence-corrected chi connectivity index (χ4v) is 3.21. The van der Waals surface area contributed by atoms with Crippen LogP contribution in [0.15, 0.2) is 16.6 Å². The van der Waals surface area contributed by atoms with Gasteiger partial charge in [-0.3, -0.25) is 0 Å². The Kier molecular flexibility index (Phi) is 4.62. The van der Waals surface area contributed by atoms with Crippen molar-refractivity contribution in [3.8, 4) is 0 Å². The van der Waals surface area contributed by atoms with E-state index in [9.17, 15) is 4.39 Å². The molecule has 4 heteroatoms. The van der Waals surface area contributed by atoms with Crippen LogP contribution in [-0.4, -0.2) is 13.6 Å². The lowest BCUT2D eigenvalue weighted by molar-refractivity contribution is 0.538. The molecule has 1 aromatic carbocycles. The van der Waals surface area contributed by atoms with Crippen LogP contribution in [0.25, 0.3) is 0 Å². The molecular weight excluding hydrogens is 295 g/mol. The third-order valence-electron chi connectivity index (χ3n) is 3.78. The third-order valence-corrected chi connectivity index (χ3v) is 4.64. The molecule has 0 radical (unpaired) electrons. The molecule has 0 saturated heterocycles. The Labute approximate surface area is 116 Å². The minimum Gasteiger partial charge on any atom is -0.372 e. The molecule has 1 aliphatic carbocycles. The van der Waals surface area contributed by atoms with Crippen molar-refractivity contribution in [2.45, 2.75) is 32.2 Å². The highest BCUT2D eigenvalue weighted by atomic mass is 79.9. The molecule has 0 spiro atoms. The summed E-state index contributed by atoms with van der Waals surface area (Å²) in [4.78, 5) is 2.02. The maximum absolute atomic E-state index is 14.2. The second-order valence-corrected chi connectivity index (χ2v) is 5.90. The van der Waals surface area contributed by atoms with Crippen LogP contribution in [0.3, 0.4) is 0 Å². The lowest BCUT2D eigenvalue weighted by atomic mass is 10.1. The minimum atomic E-state index is -0.196. The minimum absolute atomic E-state index is 0.196. The second-order valence-electron chi connectivity index (χ2n) is 5.11. The van der Waals surface area contributed by atoms with Gasteiger partial charge in [0.05, 0.1) is 10.2 Å². The first-order valence-corrected chi connectivity index (χ1v) is 7.31. The van der Waals surface area contributed by atoms with E-state index in [0.29, 0.717) is 22.6 Å². The zero-order valence-electron chi connectivity index (χ0n) is 10.8. The van der Waals surface area contributed by atoms with E-state index in [1.807, 2.05) is 24.1 Å². The van der Waals surface area contributed by atoms with Crippen molar-refractivity contribution in [2.75, 3.05) is 18.5 Å². The predicted octanol–water partition coefficient (Wildman–Crippen LogP) is 3.67. The molecule has 0 aliphatic heterocycles. The fourth-order valence-electron chi connectivity index (χ4n) is 2.71. The van der Waals surface area contributed by atoms with E-state index in [1.54, 1.807) is 0 Å². The van der Waals surface area contributed by atoms with E-state index in [2.05, 4.69) is 15.9 Å². The molecule has 18 heavy (non-hydrogen) atoms. The first kappa shape index (κ1) is 13.8. The number of nitrogens with two attached hydrogens (primary N) is 1. The summed E-state index contributed by atoms with van der Waals surface area (Å²) in [5.41, 5.74) is 7.04. The van der Waals surface area contributed by atoms with Crippen LogP contribution < -0.4 is 10.6 Å². The van der Waals surface area contributed by atoms with Crippen molar-refractivity contribution >= 4 is 21.6 Å². The van der Waals surface area contributed by atoms with Gasteiger partial charge in [-0.1, -0.05) is 18.9 Å². The van der Waals surface area contributed by atoms with Crippen LogP contribution in [0, 0.1) is 11.7 Å². The summed E-state index contributed by atoms with van der Waals surface area (Å²) in [7, 11) is 1.96. The molecule has 0 aromatic heterocycles. The van der Waals surface area contributed by atoms with Crippen LogP contribution in [0.4, 0.5) is 10.1 Å². The molecule has 2 nitrogen and oxygen atoms in total. The third kappa shape index (κ3) is 2.86. The van der Waals surface area contributed by atoms with E-state index in [4.69, 9.17) is 5.73 Å². The molecule has 0 bridgehead atoms. The summed E-state index contributed by atoms with van der Waals surface area (Å²) in [6.45, 7) is 1.29. The molecule has 1 fully saturated rings. The molecule has 2 N–H and O–H groups in total. The molecule has 0 amide bonds. The number of nitrogens with zero attached hydrogens (tertiary/aromatic N) is 1. The zero-order valence-corrected chi connectivity index (χ0v) is 12.3. The Morgan fingerprint density at radius 1 is 1.39 bits per heavy atom. The lowest BCUT2D eigenvalue weighted by Gasteiger charge is -2.24. The predicted molar refractivity (Wildman–Crippen MR) is 77.2 cm³/mol. The van der Waals surface area contributed by atoms with Crippen molar-refractivity contribution in [3.63, 3.8) is 0 Å². The van der Waals surface area contributed by atoms with Crippen molar-refractivity contribution < 1.29 is 4.39 Å². The average molecular weight is 315 g/mol. The first-order chi connectivity index (χ1) is 8.63.